The van der Waals surface area contributed by atoms with Gasteiger partial charge in [-0.05, 0) is 43.4 Å². The number of carbonyl (C=O) groups is 1. The number of ether oxygens (including phenoxy) is 1. The van der Waals surface area contributed by atoms with E-state index in [2.05, 4.69) is 4.98 Å². The molecule has 0 spiro atoms. The van der Waals surface area contributed by atoms with Crippen LogP contribution in [-0.4, -0.2) is 19.9 Å². The summed E-state index contributed by atoms with van der Waals surface area (Å²) in [5.74, 6) is -0.351. The quantitative estimate of drug-likeness (QED) is 0.479. The molecule has 5 rings (SSSR count). The average molecular weight is 412 g/mol. The number of thiazole rings is 1. The van der Waals surface area contributed by atoms with E-state index in [1.807, 2.05) is 29.1 Å². The second-order valence-corrected chi connectivity index (χ2v) is 8.66. The third kappa shape index (κ3) is 2.98. The summed E-state index contributed by atoms with van der Waals surface area (Å²) in [6.45, 7) is -0.0157. The Morgan fingerprint density at radius 3 is 2.86 bits per heavy atom. The summed E-state index contributed by atoms with van der Waals surface area (Å²) >= 11 is 3.05. The molecule has 0 unspecified atom stereocenters. The normalized spacial score (nSPS) is 13.6. The van der Waals surface area contributed by atoms with Crippen LogP contribution in [0, 0.1) is 0 Å². The van der Waals surface area contributed by atoms with E-state index in [0.29, 0.717) is 16.2 Å². The molecule has 1 aliphatic carbocycles. The van der Waals surface area contributed by atoms with E-state index in [0.717, 1.165) is 36.2 Å². The van der Waals surface area contributed by atoms with Gasteiger partial charge in [0.1, 0.15) is 11.6 Å². The standard InChI is InChI=1S/C20H17N3O3S2/c24-16-11-13(21-20-23(16)9-10-27-20)12-26-19(25)17-14-5-1-2-6-15(14)28-18(17)22-7-3-4-8-22/h3-4,7-11H,1-2,5-6,12H2. The van der Waals surface area contributed by atoms with E-state index in [1.165, 1.54) is 26.7 Å². The number of aromatic nitrogens is 3. The van der Waals surface area contributed by atoms with Crippen molar-refractivity contribution >= 4 is 33.6 Å². The predicted octanol–water partition coefficient (Wildman–Crippen LogP) is 3.84. The maximum Gasteiger partial charge on any atom is 0.341 e. The maximum atomic E-state index is 13.0. The van der Waals surface area contributed by atoms with Gasteiger partial charge in [0.25, 0.3) is 5.56 Å². The lowest BCUT2D eigenvalue weighted by Gasteiger charge is -2.12. The molecule has 28 heavy (non-hydrogen) atoms. The first kappa shape index (κ1) is 17.4. The fourth-order valence-electron chi connectivity index (χ4n) is 3.59. The summed E-state index contributed by atoms with van der Waals surface area (Å²) in [5, 5.41) is 2.71. The Morgan fingerprint density at radius 1 is 1.18 bits per heavy atom. The average Bonchev–Trinajstić information content (AvgIpc) is 3.44. The van der Waals surface area contributed by atoms with Crippen molar-refractivity contribution in [2.75, 3.05) is 0 Å². The molecule has 0 amide bonds. The lowest BCUT2D eigenvalue weighted by molar-refractivity contribution is 0.0467. The van der Waals surface area contributed by atoms with Gasteiger partial charge in [-0.3, -0.25) is 9.20 Å². The van der Waals surface area contributed by atoms with Crippen LogP contribution in [0.1, 0.15) is 39.3 Å². The van der Waals surface area contributed by atoms with Crippen molar-refractivity contribution in [3.8, 4) is 5.00 Å². The van der Waals surface area contributed by atoms with Crippen LogP contribution in [0.5, 0.6) is 0 Å². The molecule has 0 fully saturated rings. The Kier molecular flexibility index (Phi) is 4.37. The van der Waals surface area contributed by atoms with Gasteiger partial charge in [0, 0.05) is 34.9 Å². The van der Waals surface area contributed by atoms with Gasteiger partial charge in [-0.2, -0.15) is 0 Å². The van der Waals surface area contributed by atoms with Crippen LogP contribution in [0.15, 0.2) is 47.0 Å². The Labute approximate surface area is 168 Å². The highest BCUT2D eigenvalue weighted by Gasteiger charge is 2.27. The van der Waals surface area contributed by atoms with E-state index >= 15 is 0 Å². The largest absolute Gasteiger partial charge is 0.455 e. The van der Waals surface area contributed by atoms with Crippen molar-refractivity contribution in [3.05, 3.63) is 74.2 Å². The van der Waals surface area contributed by atoms with Crippen LogP contribution < -0.4 is 5.56 Å². The number of nitrogens with zero attached hydrogens (tertiary/aromatic N) is 3. The van der Waals surface area contributed by atoms with Gasteiger partial charge >= 0.3 is 5.97 Å². The lowest BCUT2D eigenvalue weighted by Crippen LogP contribution is -2.16. The molecule has 4 aromatic heterocycles. The minimum absolute atomic E-state index is 0.0157. The number of hydrogen-bond donors (Lipinski definition) is 0. The van der Waals surface area contributed by atoms with E-state index in [9.17, 15) is 9.59 Å². The minimum atomic E-state index is -0.351. The first-order chi connectivity index (χ1) is 13.7. The summed E-state index contributed by atoms with van der Waals surface area (Å²) in [4.78, 5) is 31.4. The summed E-state index contributed by atoms with van der Waals surface area (Å²) in [6, 6.07) is 5.31. The monoisotopic (exact) mass is 411 g/mol. The van der Waals surface area contributed by atoms with E-state index in [4.69, 9.17) is 4.74 Å². The van der Waals surface area contributed by atoms with Crippen molar-refractivity contribution in [2.24, 2.45) is 0 Å². The molecular formula is C20H17N3O3S2. The zero-order valence-electron chi connectivity index (χ0n) is 15.0. The number of aryl methyl sites for hydroxylation is 1. The predicted molar refractivity (Wildman–Crippen MR) is 109 cm³/mol. The van der Waals surface area contributed by atoms with Crippen molar-refractivity contribution < 1.29 is 9.53 Å². The molecule has 0 aromatic carbocycles. The van der Waals surface area contributed by atoms with Crippen molar-refractivity contribution in [3.63, 3.8) is 0 Å². The molecule has 0 N–H and O–H groups in total. The molecule has 0 aliphatic heterocycles. The van der Waals surface area contributed by atoms with Gasteiger partial charge in [0.15, 0.2) is 4.96 Å². The first-order valence-electron chi connectivity index (χ1n) is 9.11. The summed E-state index contributed by atoms with van der Waals surface area (Å²) in [6.07, 6.45) is 9.73. The highest BCUT2D eigenvalue weighted by molar-refractivity contribution is 7.15. The molecule has 8 heteroatoms. The molecule has 4 aromatic rings. The topological polar surface area (TPSA) is 65.6 Å². The van der Waals surface area contributed by atoms with E-state index in [-0.39, 0.29) is 18.1 Å². The summed E-state index contributed by atoms with van der Waals surface area (Å²) in [5.41, 5.74) is 2.07. The molecule has 0 saturated heterocycles. The Morgan fingerprint density at radius 2 is 2.00 bits per heavy atom. The van der Waals surface area contributed by atoms with E-state index < -0.39 is 0 Å². The minimum Gasteiger partial charge on any atom is -0.455 e. The van der Waals surface area contributed by atoms with Crippen molar-refractivity contribution in [1.29, 1.82) is 0 Å². The summed E-state index contributed by atoms with van der Waals surface area (Å²) in [7, 11) is 0. The Bertz CT molecular complexity index is 1220. The van der Waals surface area contributed by atoms with Gasteiger partial charge in [-0.15, -0.1) is 22.7 Å². The molecular weight excluding hydrogens is 394 g/mol. The molecule has 0 saturated carbocycles. The van der Waals surface area contributed by atoms with Crippen molar-refractivity contribution in [1.82, 2.24) is 14.0 Å². The highest BCUT2D eigenvalue weighted by atomic mass is 32.1. The number of esters is 1. The molecule has 0 atom stereocenters. The number of thiophene rings is 1. The van der Waals surface area contributed by atoms with Crippen molar-refractivity contribution in [2.45, 2.75) is 32.3 Å². The van der Waals surface area contributed by atoms with Gasteiger partial charge < -0.3 is 9.30 Å². The number of rotatable bonds is 4. The van der Waals surface area contributed by atoms with E-state index in [1.54, 1.807) is 22.9 Å². The SMILES string of the molecule is O=C(OCc1cc(=O)n2ccsc2n1)c1c(-n2cccc2)sc2c1CCCC2. The third-order valence-electron chi connectivity index (χ3n) is 4.90. The van der Waals surface area contributed by atoms with Gasteiger partial charge in [-0.1, -0.05) is 0 Å². The fourth-order valence-corrected chi connectivity index (χ4v) is 5.67. The van der Waals surface area contributed by atoms with Crippen LogP contribution in [-0.2, 0) is 24.2 Å². The van der Waals surface area contributed by atoms with Crippen LogP contribution in [0.25, 0.3) is 9.96 Å². The Hall–Kier alpha value is -2.71. The van der Waals surface area contributed by atoms with Crippen LogP contribution in [0.2, 0.25) is 0 Å². The fraction of sp³-hybridized carbons (Fsp3) is 0.250. The van der Waals surface area contributed by atoms with Crippen LogP contribution in [0.3, 0.4) is 0 Å². The smallest absolute Gasteiger partial charge is 0.341 e. The molecule has 0 bridgehead atoms. The molecule has 6 nitrogen and oxygen atoms in total. The molecule has 1 aliphatic rings. The highest BCUT2D eigenvalue weighted by Crippen LogP contribution is 2.37. The zero-order valence-corrected chi connectivity index (χ0v) is 16.6. The molecule has 0 radical (unpaired) electrons. The number of fused-ring (bicyclic) bond motifs is 2. The first-order valence-corrected chi connectivity index (χ1v) is 10.8. The number of hydrogen-bond acceptors (Lipinski definition) is 6. The van der Waals surface area contributed by atoms with Gasteiger partial charge in [0.2, 0.25) is 0 Å². The van der Waals surface area contributed by atoms with Gasteiger partial charge in [-0.25, -0.2) is 9.78 Å². The van der Waals surface area contributed by atoms with Crippen LogP contribution >= 0.6 is 22.7 Å². The molecule has 142 valence electrons. The second-order valence-electron chi connectivity index (χ2n) is 6.70. The Balaban J connectivity index is 1.46. The number of carbonyl (C=O) groups excluding carboxylic acids is 1. The maximum absolute atomic E-state index is 13.0. The second kappa shape index (κ2) is 7.03. The molecule has 4 heterocycles. The zero-order chi connectivity index (χ0) is 19.1. The van der Waals surface area contributed by atoms with Crippen LogP contribution in [0.4, 0.5) is 0 Å². The lowest BCUT2D eigenvalue weighted by atomic mass is 9.95. The summed E-state index contributed by atoms with van der Waals surface area (Å²) < 4.78 is 9.06. The third-order valence-corrected chi connectivity index (χ3v) is 6.96. The van der Waals surface area contributed by atoms with Gasteiger partial charge in [0.05, 0.1) is 11.3 Å².